The molecular formula is C28H42N2O7. The summed E-state index contributed by atoms with van der Waals surface area (Å²) in [4.78, 5) is 48.7. The Kier molecular flexibility index (Phi) is 7.87. The maximum Gasteiger partial charge on any atom is 0.317 e. The van der Waals surface area contributed by atoms with E-state index in [0.29, 0.717) is 36.0 Å². The van der Waals surface area contributed by atoms with Crippen molar-refractivity contribution in [3.63, 3.8) is 0 Å². The zero-order valence-corrected chi connectivity index (χ0v) is 22.2. The molecule has 0 spiro atoms. The lowest BCUT2D eigenvalue weighted by Crippen LogP contribution is -2.54. The lowest BCUT2D eigenvalue weighted by molar-refractivity contribution is -0.142. The van der Waals surface area contributed by atoms with E-state index in [9.17, 15) is 24.3 Å². The van der Waals surface area contributed by atoms with Gasteiger partial charge in [-0.3, -0.25) is 29.4 Å². The summed E-state index contributed by atoms with van der Waals surface area (Å²) in [5.41, 5.74) is 1.41. The molecule has 9 nitrogen and oxygen atoms in total. The smallest absolute Gasteiger partial charge is 0.317 e. The number of hydrogen-bond donors (Lipinski definition) is 4. The zero-order chi connectivity index (χ0) is 27.1. The third kappa shape index (κ3) is 5.21. The van der Waals surface area contributed by atoms with E-state index in [1.165, 1.54) is 31.3 Å². The Labute approximate surface area is 218 Å². The molecule has 3 fully saturated rings. The minimum absolute atomic E-state index is 0.211. The molecule has 37 heavy (non-hydrogen) atoms. The highest BCUT2D eigenvalue weighted by atomic mass is 16.4. The van der Waals surface area contributed by atoms with Gasteiger partial charge in [0.25, 0.3) is 0 Å². The molecule has 2 amide bonds. The van der Waals surface area contributed by atoms with E-state index < -0.39 is 55.4 Å². The van der Waals surface area contributed by atoms with Crippen LogP contribution in [0.1, 0.15) is 72.1 Å². The van der Waals surface area contributed by atoms with Gasteiger partial charge >= 0.3 is 11.9 Å². The van der Waals surface area contributed by atoms with E-state index in [0.717, 1.165) is 23.7 Å². The molecule has 0 aromatic carbocycles. The Morgan fingerprint density at radius 3 is 2.32 bits per heavy atom. The van der Waals surface area contributed by atoms with Crippen molar-refractivity contribution in [3.05, 3.63) is 11.6 Å². The van der Waals surface area contributed by atoms with Gasteiger partial charge in [0.2, 0.25) is 11.8 Å². The molecule has 206 valence electrons. The van der Waals surface area contributed by atoms with Crippen molar-refractivity contribution in [2.45, 2.75) is 78.2 Å². The van der Waals surface area contributed by atoms with E-state index in [1.54, 1.807) is 0 Å². The second kappa shape index (κ2) is 10.5. The number of aliphatic carboxylic acids is 2. The number of fused-ring (bicyclic) bond motifs is 5. The summed E-state index contributed by atoms with van der Waals surface area (Å²) in [7, 11) is 0. The Morgan fingerprint density at radius 2 is 1.70 bits per heavy atom. The molecule has 0 saturated heterocycles. The molecule has 9 heteroatoms. The first kappa shape index (κ1) is 27.8. The van der Waals surface area contributed by atoms with Crippen molar-refractivity contribution in [3.8, 4) is 0 Å². The normalized spacial score (nSPS) is 38.7. The fraction of sp³-hybridized carbons (Fsp3) is 0.786. The number of hydrogen-bond acceptors (Lipinski definition) is 6. The number of allylic oxidation sites excluding steroid dienone is 1. The van der Waals surface area contributed by atoms with Gasteiger partial charge in [0.05, 0.1) is 31.7 Å². The number of aliphatic hydroxyl groups excluding tert-OH is 1. The largest absolute Gasteiger partial charge is 0.480 e. The van der Waals surface area contributed by atoms with Gasteiger partial charge in [-0.25, -0.2) is 0 Å². The number of carbonyl (C=O) groups excluding carboxylic acids is 2. The van der Waals surface area contributed by atoms with Gasteiger partial charge in [-0.15, -0.1) is 0 Å². The number of carbonyl (C=O) groups is 4. The first-order valence-corrected chi connectivity index (χ1v) is 13.8. The van der Waals surface area contributed by atoms with E-state index >= 15 is 0 Å². The van der Waals surface area contributed by atoms with E-state index in [2.05, 4.69) is 32.2 Å². The number of carboxylic acids is 2. The van der Waals surface area contributed by atoms with Crippen LogP contribution in [0.2, 0.25) is 0 Å². The van der Waals surface area contributed by atoms with Crippen LogP contribution in [0.5, 0.6) is 0 Å². The molecule has 4 aliphatic rings. The first-order valence-electron chi connectivity index (χ1n) is 13.8. The van der Waals surface area contributed by atoms with Gasteiger partial charge in [-0.05, 0) is 79.4 Å². The second-order valence-corrected chi connectivity index (χ2v) is 12.4. The van der Waals surface area contributed by atoms with Crippen LogP contribution in [-0.2, 0) is 19.2 Å². The van der Waals surface area contributed by atoms with Gasteiger partial charge in [0.1, 0.15) is 0 Å². The summed E-state index contributed by atoms with van der Waals surface area (Å²) >= 11 is 0. The highest BCUT2D eigenvalue weighted by molar-refractivity contribution is 5.97. The monoisotopic (exact) mass is 518 g/mol. The molecule has 8 atom stereocenters. The van der Waals surface area contributed by atoms with Crippen LogP contribution < -0.4 is 5.32 Å². The maximum absolute atomic E-state index is 13.2. The van der Waals surface area contributed by atoms with Gasteiger partial charge in [-0.1, -0.05) is 38.8 Å². The molecule has 0 aromatic rings. The van der Waals surface area contributed by atoms with Gasteiger partial charge < -0.3 is 15.3 Å². The highest BCUT2D eigenvalue weighted by Gasteiger charge is 2.59. The molecule has 0 heterocycles. The topological polar surface area (TPSA) is 144 Å². The van der Waals surface area contributed by atoms with Crippen molar-refractivity contribution >= 4 is 23.8 Å². The standard InChI is InChI=1S/C28H42N2O7/c1-4-16-6-8-20-18-7-5-17-11-22(31)19(12-28(17,3)21(18)9-10-27(16,20)2)26(37)29-23(32)13-30(14-24(33)34)15-25(35)36/h5,16,18-22,31H,4,6-15H2,1-3H3,(H,33,34)(H,35,36)(H,29,32,37)/t16-,18-,19?,20-,21-,22?,27+,28-/m0/s1. The fourth-order valence-corrected chi connectivity index (χ4v) is 8.79. The molecule has 4 rings (SSSR count). The molecular weight excluding hydrogens is 476 g/mol. The summed E-state index contributed by atoms with van der Waals surface area (Å²) in [5, 5.41) is 31.2. The van der Waals surface area contributed by atoms with Crippen molar-refractivity contribution < 1.29 is 34.5 Å². The van der Waals surface area contributed by atoms with E-state index in [4.69, 9.17) is 10.2 Å². The molecule has 4 aliphatic carbocycles. The number of aliphatic hydroxyl groups is 1. The van der Waals surface area contributed by atoms with Crippen LogP contribution in [0.25, 0.3) is 0 Å². The second-order valence-electron chi connectivity index (χ2n) is 12.4. The first-order chi connectivity index (χ1) is 17.4. The quantitative estimate of drug-likeness (QED) is 0.359. The summed E-state index contributed by atoms with van der Waals surface area (Å²) < 4.78 is 0. The van der Waals surface area contributed by atoms with Crippen LogP contribution in [0.15, 0.2) is 11.6 Å². The summed E-state index contributed by atoms with van der Waals surface area (Å²) in [6.45, 7) is 5.24. The molecule has 0 radical (unpaired) electrons. The van der Waals surface area contributed by atoms with Crippen molar-refractivity contribution in [1.29, 1.82) is 0 Å². The van der Waals surface area contributed by atoms with Crippen LogP contribution in [0, 0.1) is 40.4 Å². The van der Waals surface area contributed by atoms with Crippen LogP contribution in [0.3, 0.4) is 0 Å². The van der Waals surface area contributed by atoms with E-state index in [-0.39, 0.29) is 5.41 Å². The average Bonchev–Trinajstić information content (AvgIpc) is 3.14. The predicted molar refractivity (Wildman–Crippen MR) is 135 cm³/mol. The highest BCUT2D eigenvalue weighted by Crippen LogP contribution is 2.67. The minimum Gasteiger partial charge on any atom is -0.480 e. The molecule has 0 aromatic heterocycles. The average molecular weight is 519 g/mol. The fourth-order valence-electron chi connectivity index (χ4n) is 8.79. The number of nitrogens with zero attached hydrogens (tertiary/aromatic N) is 1. The molecule has 3 saturated carbocycles. The maximum atomic E-state index is 13.2. The van der Waals surface area contributed by atoms with Crippen LogP contribution >= 0.6 is 0 Å². The minimum atomic E-state index is -1.27. The molecule has 0 aliphatic heterocycles. The van der Waals surface area contributed by atoms with Gasteiger partial charge in [0.15, 0.2) is 0 Å². The van der Waals surface area contributed by atoms with Crippen LogP contribution in [0.4, 0.5) is 0 Å². The Balaban J connectivity index is 1.46. The zero-order valence-electron chi connectivity index (χ0n) is 22.2. The number of imide groups is 1. The SMILES string of the molecule is CC[C@H]1CC[C@H]2[C@@H]3CC=C4CC(O)C(C(=O)NC(=O)CN(CC(=O)O)CC(=O)O)C[C@]4(C)[C@H]3CC[C@]12C. The number of amides is 2. The van der Waals surface area contributed by atoms with Crippen molar-refractivity contribution in [2.75, 3.05) is 19.6 Å². The number of rotatable bonds is 8. The summed E-state index contributed by atoms with van der Waals surface area (Å²) in [5.74, 6) is -2.14. The van der Waals surface area contributed by atoms with Gasteiger partial charge in [-0.2, -0.15) is 0 Å². The summed E-state index contributed by atoms with van der Waals surface area (Å²) in [6, 6.07) is 0. The van der Waals surface area contributed by atoms with Crippen molar-refractivity contribution in [2.24, 2.45) is 40.4 Å². The predicted octanol–water partition coefficient (Wildman–Crippen LogP) is 2.68. The Hall–Kier alpha value is -2.26. The third-order valence-corrected chi connectivity index (χ3v) is 10.5. The summed E-state index contributed by atoms with van der Waals surface area (Å²) in [6.07, 6.45) is 9.43. The molecule has 4 N–H and O–H groups in total. The van der Waals surface area contributed by atoms with Crippen LogP contribution in [-0.4, -0.2) is 69.7 Å². The lowest BCUT2D eigenvalue weighted by atomic mass is 9.46. The van der Waals surface area contributed by atoms with Crippen molar-refractivity contribution in [1.82, 2.24) is 10.2 Å². The lowest BCUT2D eigenvalue weighted by Gasteiger charge is -2.58. The van der Waals surface area contributed by atoms with E-state index in [1.807, 2.05) is 0 Å². The van der Waals surface area contributed by atoms with Gasteiger partial charge in [0, 0.05) is 0 Å². The Bertz CT molecular complexity index is 964. The Morgan fingerprint density at radius 1 is 1.03 bits per heavy atom. The molecule has 0 bridgehead atoms. The number of carboxylic acid groups (broad SMARTS) is 2. The molecule has 2 unspecified atom stereocenters. The number of nitrogens with one attached hydrogen (secondary N) is 1. The third-order valence-electron chi connectivity index (χ3n) is 10.5.